The van der Waals surface area contributed by atoms with Gasteiger partial charge < -0.3 is 5.32 Å². The Bertz CT molecular complexity index is 273. The summed E-state index contributed by atoms with van der Waals surface area (Å²) in [4.78, 5) is 1.40. The first-order chi connectivity index (χ1) is 6.90. The minimum Gasteiger partial charge on any atom is -0.316 e. The minimum atomic E-state index is 0.709. The minimum absolute atomic E-state index is 0.709. The Morgan fingerprint density at radius 1 is 1.21 bits per heavy atom. The van der Waals surface area contributed by atoms with E-state index in [1.54, 1.807) is 0 Å². The van der Waals surface area contributed by atoms with Crippen LogP contribution in [0.25, 0.3) is 0 Å². The fraction of sp³-hybridized carbons (Fsp3) is 0.500. The van der Waals surface area contributed by atoms with Crippen molar-refractivity contribution < 1.29 is 0 Å². The van der Waals surface area contributed by atoms with E-state index in [1.807, 2.05) is 11.8 Å². The van der Waals surface area contributed by atoms with Crippen LogP contribution in [0.15, 0.2) is 35.2 Å². The quantitative estimate of drug-likeness (QED) is 0.818. The second kappa shape index (κ2) is 4.85. The molecule has 0 heterocycles. The fourth-order valence-corrected chi connectivity index (χ4v) is 3.46. The molecule has 14 heavy (non-hydrogen) atoms. The summed E-state index contributed by atoms with van der Waals surface area (Å²) >= 11 is 2.02. The van der Waals surface area contributed by atoms with Crippen molar-refractivity contribution in [1.29, 1.82) is 0 Å². The normalized spacial score (nSPS) is 26.6. The van der Waals surface area contributed by atoms with Crippen LogP contribution in [0.2, 0.25) is 0 Å². The molecule has 1 aromatic carbocycles. The van der Waals surface area contributed by atoms with Gasteiger partial charge in [-0.1, -0.05) is 24.6 Å². The Morgan fingerprint density at radius 2 is 2.00 bits per heavy atom. The molecule has 0 spiro atoms. The zero-order valence-corrected chi connectivity index (χ0v) is 9.39. The lowest BCUT2D eigenvalue weighted by atomic mass is 10.2. The van der Waals surface area contributed by atoms with Crippen molar-refractivity contribution in [3.05, 3.63) is 30.3 Å². The summed E-state index contributed by atoms with van der Waals surface area (Å²) in [5.41, 5.74) is 0. The van der Waals surface area contributed by atoms with Gasteiger partial charge in [-0.05, 0) is 32.0 Å². The third kappa shape index (κ3) is 2.31. The molecule has 0 saturated heterocycles. The number of hydrogen-bond acceptors (Lipinski definition) is 2. The van der Waals surface area contributed by atoms with Crippen molar-refractivity contribution in [2.24, 2.45) is 0 Å². The highest BCUT2D eigenvalue weighted by Crippen LogP contribution is 2.34. The molecule has 0 aromatic heterocycles. The molecule has 1 nitrogen and oxygen atoms in total. The topological polar surface area (TPSA) is 12.0 Å². The molecule has 1 saturated carbocycles. The zero-order valence-electron chi connectivity index (χ0n) is 8.57. The van der Waals surface area contributed by atoms with Gasteiger partial charge in [0.15, 0.2) is 0 Å². The third-order valence-corrected chi connectivity index (χ3v) is 4.27. The molecule has 0 radical (unpaired) electrons. The van der Waals surface area contributed by atoms with Crippen molar-refractivity contribution in [2.45, 2.75) is 35.4 Å². The van der Waals surface area contributed by atoms with Gasteiger partial charge in [0, 0.05) is 16.2 Å². The monoisotopic (exact) mass is 207 g/mol. The third-order valence-electron chi connectivity index (χ3n) is 2.85. The molecular weight excluding hydrogens is 190 g/mol. The summed E-state index contributed by atoms with van der Waals surface area (Å²) in [6, 6.07) is 11.4. The molecule has 1 N–H and O–H groups in total. The predicted octanol–water partition coefficient (Wildman–Crippen LogP) is 2.92. The number of hydrogen-bond donors (Lipinski definition) is 1. The predicted molar refractivity (Wildman–Crippen MR) is 62.8 cm³/mol. The lowest BCUT2D eigenvalue weighted by molar-refractivity contribution is 0.591. The first-order valence-electron chi connectivity index (χ1n) is 5.29. The average Bonchev–Trinajstić information content (AvgIpc) is 2.67. The van der Waals surface area contributed by atoms with E-state index in [0.29, 0.717) is 6.04 Å². The van der Waals surface area contributed by atoms with Crippen molar-refractivity contribution in [3.63, 3.8) is 0 Å². The number of thioether (sulfide) groups is 1. The molecule has 0 bridgehead atoms. The van der Waals surface area contributed by atoms with Crippen LogP contribution in [-0.4, -0.2) is 18.3 Å². The summed E-state index contributed by atoms with van der Waals surface area (Å²) in [6.45, 7) is 0. The van der Waals surface area contributed by atoms with Gasteiger partial charge in [0.2, 0.25) is 0 Å². The largest absolute Gasteiger partial charge is 0.316 e. The smallest absolute Gasteiger partial charge is 0.0248 e. The molecule has 2 rings (SSSR count). The molecule has 0 aliphatic heterocycles. The van der Waals surface area contributed by atoms with Crippen molar-refractivity contribution >= 4 is 11.8 Å². The Hall–Kier alpha value is -0.470. The fourth-order valence-electron chi connectivity index (χ4n) is 2.07. The maximum Gasteiger partial charge on any atom is 0.0248 e. The van der Waals surface area contributed by atoms with Crippen molar-refractivity contribution in [3.8, 4) is 0 Å². The molecule has 1 aliphatic carbocycles. The van der Waals surface area contributed by atoms with Gasteiger partial charge in [0.05, 0.1) is 0 Å². The number of rotatable bonds is 3. The van der Waals surface area contributed by atoms with E-state index in [0.717, 1.165) is 5.25 Å². The summed E-state index contributed by atoms with van der Waals surface area (Å²) in [6.07, 6.45) is 4.06. The van der Waals surface area contributed by atoms with Crippen molar-refractivity contribution in [2.75, 3.05) is 7.05 Å². The van der Waals surface area contributed by atoms with Crippen LogP contribution >= 0.6 is 11.8 Å². The van der Waals surface area contributed by atoms with E-state index < -0.39 is 0 Å². The van der Waals surface area contributed by atoms with Crippen LogP contribution in [0, 0.1) is 0 Å². The highest BCUT2D eigenvalue weighted by molar-refractivity contribution is 8.00. The molecular formula is C12H17NS. The lowest BCUT2D eigenvalue weighted by Crippen LogP contribution is -2.30. The van der Waals surface area contributed by atoms with Crippen LogP contribution in [0.4, 0.5) is 0 Å². The zero-order chi connectivity index (χ0) is 9.80. The standard InChI is InChI=1S/C12H17NS/c1-13-11-8-5-9-12(11)14-10-6-3-2-4-7-10/h2-4,6-7,11-13H,5,8-9H2,1H3. The molecule has 2 atom stereocenters. The van der Waals surface area contributed by atoms with Gasteiger partial charge in [0.25, 0.3) is 0 Å². The Balaban J connectivity index is 1.97. The van der Waals surface area contributed by atoms with Gasteiger partial charge in [-0.2, -0.15) is 0 Å². The molecule has 1 aliphatic rings. The van der Waals surface area contributed by atoms with E-state index in [4.69, 9.17) is 0 Å². The van der Waals surface area contributed by atoms with Crippen LogP contribution < -0.4 is 5.32 Å². The van der Waals surface area contributed by atoms with E-state index in [1.165, 1.54) is 24.2 Å². The number of benzene rings is 1. The maximum atomic E-state index is 3.41. The SMILES string of the molecule is CNC1CCCC1Sc1ccccc1. The van der Waals surface area contributed by atoms with E-state index in [-0.39, 0.29) is 0 Å². The van der Waals surface area contributed by atoms with Gasteiger partial charge in [0.1, 0.15) is 0 Å². The molecule has 2 heteroatoms. The van der Waals surface area contributed by atoms with Gasteiger partial charge in [-0.25, -0.2) is 0 Å². The summed E-state index contributed by atoms with van der Waals surface area (Å²) in [7, 11) is 2.08. The molecule has 1 fully saturated rings. The van der Waals surface area contributed by atoms with Gasteiger partial charge in [-0.15, -0.1) is 11.8 Å². The highest BCUT2D eigenvalue weighted by Gasteiger charge is 2.26. The van der Waals surface area contributed by atoms with Crippen LogP contribution in [0.3, 0.4) is 0 Å². The maximum absolute atomic E-state index is 3.41. The number of nitrogens with one attached hydrogen (secondary N) is 1. The van der Waals surface area contributed by atoms with E-state index >= 15 is 0 Å². The Kier molecular flexibility index (Phi) is 3.49. The first kappa shape index (κ1) is 10.1. The van der Waals surface area contributed by atoms with E-state index in [2.05, 4.69) is 42.7 Å². The summed E-state index contributed by atoms with van der Waals surface area (Å²) < 4.78 is 0. The first-order valence-corrected chi connectivity index (χ1v) is 6.17. The average molecular weight is 207 g/mol. The van der Waals surface area contributed by atoms with E-state index in [9.17, 15) is 0 Å². The van der Waals surface area contributed by atoms with Crippen LogP contribution in [-0.2, 0) is 0 Å². The summed E-state index contributed by atoms with van der Waals surface area (Å²) in [5.74, 6) is 0. The second-order valence-corrected chi connectivity index (χ2v) is 5.11. The van der Waals surface area contributed by atoms with Gasteiger partial charge in [-0.3, -0.25) is 0 Å². The van der Waals surface area contributed by atoms with Gasteiger partial charge >= 0.3 is 0 Å². The molecule has 76 valence electrons. The molecule has 2 unspecified atom stereocenters. The molecule has 0 amide bonds. The van der Waals surface area contributed by atoms with Crippen LogP contribution in [0.1, 0.15) is 19.3 Å². The van der Waals surface area contributed by atoms with Crippen LogP contribution in [0.5, 0.6) is 0 Å². The Labute approximate surface area is 90.3 Å². The Morgan fingerprint density at radius 3 is 2.71 bits per heavy atom. The van der Waals surface area contributed by atoms with Crippen molar-refractivity contribution in [1.82, 2.24) is 5.32 Å². The highest BCUT2D eigenvalue weighted by atomic mass is 32.2. The second-order valence-electron chi connectivity index (χ2n) is 3.80. The molecule has 1 aromatic rings. The summed E-state index contributed by atoms with van der Waals surface area (Å²) in [5, 5.41) is 4.18. The lowest BCUT2D eigenvalue weighted by Gasteiger charge is -2.18.